The molecule has 0 unspecified atom stereocenters. The number of benzene rings is 1. The third-order valence-electron chi connectivity index (χ3n) is 3.91. The molecule has 2 aromatic rings. The molecule has 5 heteroatoms. The van der Waals surface area contributed by atoms with Gasteiger partial charge in [-0.25, -0.2) is 4.68 Å². The number of halogens is 1. The van der Waals surface area contributed by atoms with Crippen molar-refractivity contribution in [3.05, 3.63) is 28.8 Å². The Kier molecular flexibility index (Phi) is 4.06. The SMILES string of the molecule is CCn1nc(-c2cc(Cl)ccc2OC)c2c1NCCCC2. The minimum Gasteiger partial charge on any atom is -0.496 e. The van der Waals surface area contributed by atoms with Crippen LogP contribution in [0.15, 0.2) is 18.2 Å². The maximum absolute atomic E-state index is 6.17. The molecule has 1 N–H and O–H groups in total. The van der Waals surface area contributed by atoms with E-state index in [4.69, 9.17) is 21.4 Å². The molecular weight excluding hydrogens is 286 g/mol. The first-order valence-electron chi connectivity index (χ1n) is 7.42. The van der Waals surface area contributed by atoms with Gasteiger partial charge in [0.2, 0.25) is 0 Å². The van der Waals surface area contributed by atoms with Gasteiger partial charge in [-0.2, -0.15) is 5.10 Å². The van der Waals surface area contributed by atoms with E-state index in [2.05, 4.69) is 12.2 Å². The molecule has 112 valence electrons. The smallest absolute Gasteiger partial charge is 0.128 e. The van der Waals surface area contributed by atoms with E-state index >= 15 is 0 Å². The number of hydrogen-bond donors (Lipinski definition) is 1. The Morgan fingerprint density at radius 3 is 3.00 bits per heavy atom. The summed E-state index contributed by atoms with van der Waals surface area (Å²) in [5.74, 6) is 1.96. The van der Waals surface area contributed by atoms with Crippen molar-refractivity contribution < 1.29 is 4.74 Å². The summed E-state index contributed by atoms with van der Waals surface area (Å²) in [6, 6.07) is 5.69. The van der Waals surface area contributed by atoms with Gasteiger partial charge in [0.05, 0.1) is 7.11 Å². The van der Waals surface area contributed by atoms with Gasteiger partial charge in [0, 0.05) is 29.2 Å². The molecule has 0 fully saturated rings. The Hall–Kier alpha value is -1.68. The van der Waals surface area contributed by atoms with Gasteiger partial charge in [-0.1, -0.05) is 11.6 Å². The van der Waals surface area contributed by atoms with Crippen molar-refractivity contribution in [2.75, 3.05) is 19.0 Å². The number of aryl methyl sites for hydroxylation is 1. The van der Waals surface area contributed by atoms with Crippen LogP contribution < -0.4 is 10.1 Å². The van der Waals surface area contributed by atoms with Crippen molar-refractivity contribution >= 4 is 17.4 Å². The molecule has 0 amide bonds. The van der Waals surface area contributed by atoms with Crippen molar-refractivity contribution in [3.8, 4) is 17.0 Å². The third-order valence-corrected chi connectivity index (χ3v) is 4.15. The fourth-order valence-corrected chi connectivity index (χ4v) is 3.05. The van der Waals surface area contributed by atoms with E-state index in [0.29, 0.717) is 5.02 Å². The Labute approximate surface area is 130 Å². The van der Waals surface area contributed by atoms with E-state index in [1.54, 1.807) is 7.11 Å². The summed E-state index contributed by atoms with van der Waals surface area (Å²) in [6.45, 7) is 3.96. The largest absolute Gasteiger partial charge is 0.496 e. The van der Waals surface area contributed by atoms with E-state index in [1.807, 2.05) is 22.9 Å². The van der Waals surface area contributed by atoms with E-state index < -0.39 is 0 Å². The quantitative estimate of drug-likeness (QED) is 0.932. The predicted molar refractivity (Wildman–Crippen MR) is 86.3 cm³/mol. The lowest BCUT2D eigenvalue weighted by Crippen LogP contribution is -2.07. The number of nitrogens with zero attached hydrogens (tertiary/aromatic N) is 2. The monoisotopic (exact) mass is 305 g/mol. The molecule has 0 bridgehead atoms. The van der Waals surface area contributed by atoms with Crippen molar-refractivity contribution in [1.82, 2.24) is 9.78 Å². The van der Waals surface area contributed by atoms with Crippen LogP contribution in [0.25, 0.3) is 11.3 Å². The number of nitrogens with one attached hydrogen (secondary N) is 1. The second kappa shape index (κ2) is 5.98. The lowest BCUT2D eigenvalue weighted by Gasteiger charge is -2.08. The molecule has 0 saturated heterocycles. The minimum atomic E-state index is 0.701. The zero-order chi connectivity index (χ0) is 14.8. The maximum atomic E-state index is 6.17. The molecule has 0 spiro atoms. The van der Waals surface area contributed by atoms with Gasteiger partial charge in [-0.15, -0.1) is 0 Å². The van der Waals surface area contributed by atoms with Gasteiger partial charge >= 0.3 is 0 Å². The molecule has 1 aliphatic heterocycles. The molecule has 21 heavy (non-hydrogen) atoms. The van der Waals surface area contributed by atoms with Crippen LogP contribution in [0.4, 0.5) is 5.82 Å². The highest BCUT2D eigenvalue weighted by Gasteiger charge is 2.22. The van der Waals surface area contributed by atoms with Crippen LogP contribution in [0.2, 0.25) is 5.02 Å². The molecule has 2 heterocycles. The average molecular weight is 306 g/mol. The molecule has 4 nitrogen and oxygen atoms in total. The zero-order valence-electron chi connectivity index (χ0n) is 12.4. The lowest BCUT2D eigenvalue weighted by molar-refractivity contribution is 0.416. The summed E-state index contributed by atoms with van der Waals surface area (Å²) >= 11 is 6.17. The molecule has 3 rings (SSSR count). The molecule has 1 aliphatic rings. The van der Waals surface area contributed by atoms with Gasteiger partial charge in [-0.3, -0.25) is 0 Å². The van der Waals surface area contributed by atoms with Crippen LogP contribution in [0.1, 0.15) is 25.3 Å². The molecule has 0 radical (unpaired) electrons. The van der Waals surface area contributed by atoms with Gasteiger partial charge in [0.15, 0.2) is 0 Å². The van der Waals surface area contributed by atoms with Crippen molar-refractivity contribution in [3.63, 3.8) is 0 Å². The Morgan fingerprint density at radius 2 is 2.24 bits per heavy atom. The Balaban J connectivity index is 2.19. The van der Waals surface area contributed by atoms with Crippen LogP contribution in [0.3, 0.4) is 0 Å². The topological polar surface area (TPSA) is 39.1 Å². The first kappa shape index (κ1) is 14.3. The van der Waals surface area contributed by atoms with Crippen LogP contribution >= 0.6 is 11.6 Å². The van der Waals surface area contributed by atoms with Crippen LogP contribution in [-0.2, 0) is 13.0 Å². The van der Waals surface area contributed by atoms with Crippen LogP contribution in [0.5, 0.6) is 5.75 Å². The summed E-state index contributed by atoms with van der Waals surface area (Å²) in [5.41, 5.74) is 3.23. The van der Waals surface area contributed by atoms with Crippen LogP contribution in [0, 0.1) is 0 Å². The van der Waals surface area contributed by atoms with E-state index in [1.165, 1.54) is 18.4 Å². The highest BCUT2D eigenvalue weighted by atomic mass is 35.5. The summed E-state index contributed by atoms with van der Waals surface area (Å²) < 4.78 is 7.53. The number of ether oxygens (including phenoxy) is 1. The van der Waals surface area contributed by atoms with Gasteiger partial charge < -0.3 is 10.1 Å². The fraction of sp³-hybridized carbons (Fsp3) is 0.438. The predicted octanol–water partition coefficient (Wildman–Crippen LogP) is 3.98. The van der Waals surface area contributed by atoms with E-state index in [0.717, 1.165) is 42.3 Å². The molecular formula is C16H20ClN3O. The molecule has 0 aliphatic carbocycles. The maximum Gasteiger partial charge on any atom is 0.128 e. The number of hydrogen-bond acceptors (Lipinski definition) is 3. The van der Waals surface area contributed by atoms with Crippen molar-refractivity contribution in [2.45, 2.75) is 32.7 Å². The second-order valence-electron chi connectivity index (χ2n) is 5.22. The zero-order valence-corrected chi connectivity index (χ0v) is 13.2. The van der Waals surface area contributed by atoms with Crippen LogP contribution in [-0.4, -0.2) is 23.4 Å². The molecule has 0 saturated carbocycles. The van der Waals surface area contributed by atoms with Gasteiger partial charge in [-0.05, 0) is 44.4 Å². The standard InChI is InChI=1S/C16H20ClN3O/c1-3-20-16-12(6-4-5-9-18-16)15(19-20)13-10-11(17)7-8-14(13)21-2/h7-8,10,18H,3-6,9H2,1-2H3. The Morgan fingerprint density at radius 1 is 1.38 bits per heavy atom. The molecule has 0 atom stereocenters. The van der Waals surface area contributed by atoms with E-state index in [9.17, 15) is 0 Å². The summed E-state index contributed by atoms with van der Waals surface area (Å²) in [6.07, 6.45) is 3.39. The number of anilines is 1. The lowest BCUT2D eigenvalue weighted by atomic mass is 10.0. The Bertz CT molecular complexity index is 651. The normalized spacial score (nSPS) is 14.2. The van der Waals surface area contributed by atoms with Crippen molar-refractivity contribution in [1.29, 1.82) is 0 Å². The first-order chi connectivity index (χ1) is 10.2. The number of aromatic nitrogens is 2. The summed E-state index contributed by atoms with van der Waals surface area (Å²) in [4.78, 5) is 0. The van der Waals surface area contributed by atoms with Gasteiger partial charge in [0.25, 0.3) is 0 Å². The van der Waals surface area contributed by atoms with E-state index in [-0.39, 0.29) is 0 Å². The number of fused-ring (bicyclic) bond motifs is 1. The average Bonchev–Trinajstić information content (AvgIpc) is 2.68. The van der Waals surface area contributed by atoms with Crippen molar-refractivity contribution in [2.24, 2.45) is 0 Å². The highest BCUT2D eigenvalue weighted by molar-refractivity contribution is 6.31. The summed E-state index contributed by atoms with van der Waals surface area (Å²) in [7, 11) is 1.68. The third kappa shape index (κ3) is 2.60. The minimum absolute atomic E-state index is 0.701. The molecule has 1 aromatic carbocycles. The highest BCUT2D eigenvalue weighted by Crippen LogP contribution is 2.38. The molecule has 1 aromatic heterocycles. The second-order valence-corrected chi connectivity index (χ2v) is 5.66. The first-order valence-corrected chi connectivity index (χ1v) is 7.80. The van der Waals surface area contributed by atoms with Gasteiger partial charge in [0.1, 0.15) is 17.3 Å². The fourth-order valence-electron chi connectivity index (χ4n) is 2.88. The summed E-state index contributed by atoms with van der Waals surface area (Å²) in [5, 5.41) is 9.00. The number of rotatable bonds is 3. The number of methoxy groups -OCH3 is 1.